The number of carbonyl (C=O) groups is 3. The zero-order valence-corrected chi connectivity index (χ0v) is 22.1. The molecule has 0 saturated carbocycles. The lowest BCUT2D eigenvalue weighted by atomic mass is 9.93. The van der Waals surface area contributed by atoms with E-state index in [4.69, 9.17) is 16.3 Å². The molecule has 5 aromatic rings. The molecule has 6 rings (SSSR count). The van der Waals surface area contributed by atoms with Gasteiger partial charge >= 0.3 is 0 Å². The third kappa shape index (κ3) is 3.75. The van der Waals surface area contributed by atoms with Crippen molar-refractivity contribution in [2.24, 2.45) is 0 Å². The number of carbonyl (C=O) groups excluding carboxylic acids is 3. The standard InChI is InChI=1S/C30H23ClN4O4/c1-17(36)34-25-10-5-4-9-21(25)22-15-24(32-16-27(22)34)28(37)33-30(2)23-12-11-20(39-3)14-26(23)35(29(30)38)19-8-6-7-18(31)13-19/h4-16H,1-3H3,(H,33,37). The van der Waals surface area contributed by atoms with Crippen LogP contribution in [-0.4, -0.2) is 34.4 Å². The fourth-order valence-corrected chi connectivity index (χ4v) is 5.49. The quantitative estimate of drug-likeness (QED) is 0.310. The number of hydrogen-bond acceptors (Lipinski definition) is 5. The summed E-state index contributed by atoms with van der Waals surface area (Å²) in [6.07, 6.45) is 1.52. The highest BCUT2D eigenvalue weighted by Gasteiger charge is 2.49. The normalized spacial score (nSPS) is 16.5. The maximum absolute atomic E-state index is 14.0. The minimum atomic E-state index is -1.40. The summed E-state index contributed by atoms with van der Waals surface area (Å²) in [5.41, 5.74) is 1.82. The molecule has 1 aliphatic heterocycles. The Bertz CT molecular complexity index is 1850. The van der Waals surface area contributed by atoms with E-state index in [0.29, 0.717) is 33.2 Å². The Morgan fingerprint density at radius 2 is 1.77 bits per heavy atom. The predicted molar refractivity (Wildman–Crippen MR) is 150 cm³/mol. The van der Waals surface area contributed by atoms with Crippen molar-refractivity contribution in [1.29, 1.82) is 0 Å². The number of ether oxygens (including phenoxy) is 1. The summed E-state index contributed by atoms with van der Waals surface area (Å²) < 4.78 is 6.99. The Balaban J connectivity index is 1.44. The van der Waals surface area contributed by atoms with Crippen LogP contribution in [0.15, 0.2) is 79.0 Å². The number of nitrogens with zero attached hydrogens (tertiary/aromatic N) is 3. The van der Waals surface area contributed by atoms with E-state index in [9.17, 15) is 14.4 Å². The maximum Gasteiger partial charge on any atom is 0.271 e. The zero-order valence-electron chi connectivity index (χ0n) is 21.4. The van der Waals surface area contributed by atoms with E-state index in [1.165, 1.54) is 18.0 Å². The van der Waals surface area contributed by atoms with E-state index < -0.39 is 11.4 Å². The molecular weight excluding hydrogens is 516 g/mol. The molecule has 0 fully saturated rings. The Kier molecular flexibility index (Phi) is 5.66. The number of aromatic nitrogens is 2. The van der Waals surface area contributed by atoms with Gasteiger partial charge in [-0.1, -0.05) is 41.9 Å². The first-order valence-electron chi connectivity index (χ1n) is 12.2. The molecule has 0 bridgehead atoms. The lowest BCUT2D eigenvalue weighted by Crippen LogP contribution is -2.50. The molecule has 3 aromatic carbocycles. The van der Waals surface area contributed by atoms with Gasteiger partial charge < -0.3 is 10.1 Å². The number of para-hydroxylation sites is 1. The minimum Gasteiger partial charge on any atom is -0.497 e. The summed E-state index contributed by atoms with van der Waals surface area (Å²) in [6, 6.07) is 21.4. The van der Waals surface area contributed by atoms with Crippen molar-refractivity contribution in [3.05, 3.63) is 95.3 Å². The van der Waals surface area contributed by atoms with Crippen LogP contribution in [0, 0.1) is 0 Å². The Morgan fingerprint density at radius 1 is 0.974 bits per heavy atom. The van der Waals surface area contributed by atoms with Crippen LogP contribution < -0.4 is 15.0 Å². The van der Waals surface area contributed by atoms with Gasteiger partial charge in [0.1, 0.15) is 17.0 Å². The number of pyridine rings is 1. The first kappa shape index (κ1) is 24.6. The number of fused-ring (bicyclic) bond motifs is 4. The van der Waals surface area contributed by atoms with Gasteiger partial charge in [-0.05, 0) is 43.3 Å². The van der Waals surface area contributed by atoms with Crippen LogP contribution >= 0.6 is 11.6 Å². The van der Waals surface area contributed by atoms with Gasteiger partial charge in [0.2, 0.25) is 5.91 Å². The van der Waals surface area contributed by atoms with Crippen LogP contribution in [0.5, 0.6) is 5.75 Å². The van der Waals surface area contributed by atoms with Crippen LogP contribution in [0.2, 0.25) is 5.02 Å². The van der Waals surface area contributed by atoms with Crippen molar-refractivity contribution in [2.45, 2.75) is 19.4 Å². The fraction of sp³-hybridized carbons (Fsp3) is 0.133. The third-order valence-corrected chi connectivity index (χ3v) is 7.39. The smallest absolute Gasteiger partial charge is 0.271 e. The number of methoxy groups -OCH3 is 1. The van der Waals surface area contributed by atoms with Crippen LogP contribution in [0.1, 0.15) is 34.7 Å². The largest absolute Gasteiger partial charge is 0.497 e. The highest BCUT2D eigenvalue weighted by Crippen LogP contribution is 2.46. The van der Waals surface area contributed by atoms with Gasteiger partial charge in [0.15, 0.2) is 0 Å². The summed E-state index contributed by atoms with van der Waals surface area (Å²) >= 11 is 6.24. The van der Waals surface area contributed by atoms with E-state index in [-0.39, 0.29) is 17.5 Å². The zero-order chi connectivity index (χ0) is 27.5. The second kappa shape index (κ2) is 8.96. The maximum atomic E-state index is 14.0. The fourth-order valence-electron chi connectivity index (χ4n) is 5.31. The number of rotatable bonds is 4. The van der Waals surface area contributed by atoms with Crippen molar-refractivity contribution < 1.29 is 19.1 Å². The number of benzene rings is 3. The SMILES string of the molecule is COc1ccc2c(c1)N(c1cccc(Cl)c1)C(=O)C2(C)NC(=O)c1cc2c3ccccc3n(C(C)=O)c2cn1. The Hall–Kier alpha value is -4.69. The topological polar surface area (TPSA) is 93.5 Å². The van der Waals surface area contributed by atoms with E-state index >= 15 is 0 Å². The minimum absolute atomic E-state index is 0.124. The highest BCUT2D eigenvalue weighted by molar-refractivity contribution is 6.31. The van der Waals surface area contributed by atoms with E-state index in [1.807, 2.05) is 24.3 Å². The van der Waals surface area contributed by atoms with Crippen LogP contribution in [-0.2, 0) is 10.3 Å². The number of halogens is 1. The second-order valence-corrected chi connectivity index (χ2v) is 9.98. The number of hydrogen-bond donors (Lipinski definition) is 1. The van der Waals surface area contributed by atoms with Gasteiger partial charge in [0, 0.05) is 34.3 Å². The van der Waals surface area contributed by atoms with E-state index in [2.05, 4.69) is 10.3 Å². The number of nitrogens with one attached hydrogen (secondary N) is 1. The predicted octanol–water partition coefficient (Wildman–Crippen LogP) is 5.84. The van der Waals surface area contributed by atoms with Gasteiger partial charge in [-0.2, -0.15) is 0 Å². The third-order valence-electron chi connectivity index (χ3n) is 7.15. The number of amides is 2. The highest BCUT2D eigenvalue weighted by atomic mass is 35.5. The van der Waals surface area contributed by atoms with Gasteiger partial charge in [0.25, 0.3) is 11.8 Å². The average molecular weight is 539 g/mol. The molecule has 8 nitrogen and oxygen atoms in total. The molecule has 39 heavy (non-hydrogen) atoms. The lowest BCUT2D eigenvalue weighted by Gasteiger charge is -2.26. The number of anilines is 2. The van der Waals surface area contributed by atoms with Crippen LogP contribution in [0.4, 0.5) is 11.4 Å². The Morgan fingerprint density at radius 3 is 2.51 bits per heavy atom. The first-order valence-corrected chi connectivity index (χ1v) is 12.6. The monoisotopic (exact) mass is 538 g/mol. The van der Waals surface area contributed by atoms with Crippen molar-refractivity contribution in [3.63, 3.8) is 0 Å². The molecule has 2 amide bonds. The summed E-state index contributed by atoms with van der Waals surface area (Å²) in [7, 11) is 1.55. The molecule has 0 radical (unpaired) electrons. The van der Waals surface area contributed by atoms with E-state index in [0.717, 1.165) is 16.3 Å². The van der Waals surface area contributed by atoms with Crippen molar-refractivity contribution in [1.82, 2.24) is 14.9 Å². The molecular formula is C30H23ClN4O4. The second-order valence-electron chi connectivity index (χ2n) is 9.54. The summed E-state index contributed by atoms with van der Waals surface area (Å²) in [5, 5.41) is 4.95. The van der Waals surface area contributed by atoms with Crippen LogP contribution in [0.25, 0.3) is 21.8 Å². The van der Waals surface area contributed by atoms with Crippen molar-refractivity contribution >= 4 is 62.5 Å². The molecule has 0 aliphatic carbocycles. The Labute approximate surface area is 228 Å². The van der Waals surface area contributed by atoms with E-state index in [1.54, 1.807) is 67.1 Å². The molecule has 194 valence electrons. The molecule has 1 N–H and O–H groups in total. The summed E-state index contributed by atoms with van der Waals surface area (Å²) in [6.45, 7) is 3.15. The summed E-state index contributed by atoms with van der Waals surface area (Å²) in [4.78, 5) is 45.9. The van der Waals surface area contributed by atoms with Gasteiger partial charge in [0.05, 0.1) is 35.7 Å². The van der Waals surface area contributed by atoms with Gasteiger partial charge in [-0.25, -0.2) is 4.98 Å². The average Bonchev–Trinajstić information content (AvgIpc) is 3.37. The first-order chi connectivity index (χ1) is 18.7. The van der Waals surface area contributed by atoms with Crippen molar-refractivity contribution in [2.75, 3.05) is 12.0 Å². The van der Waals surface area contributed by atoms with Gasteiger partial charge in [-0.3, -0.25) is 23.9 Å². The van der Waals surface area contributed by atoms with Gasteiger partial charge in [-0.15, -0.1) is 0 Å². The summed E-state index contributed by atoms with van der Waals surface area (Å²) in [5.74, 6) is -0.465. The molecule has 1 aliphatic rings. The van der Waals surface area contributed by atoms with Crippen molar-refractivity contribution in [3.8, 4) is 5.75 Å². The molecule has 0 spiro atoms. The molecule has 9 heteroatoms. The molecule has 1 unspecified atom stereocenters. The molecule has 1 atom stereocenters. The lowest BCUT2D eigenvalue weighted by molar-refractivity contribution is -0.122. The molecule has 2 aromatic heterocycles. The van der Waals surface area contributed by atoms with Crippen LogP contribution in [0.3, 0.4) is 0 Å². The molecule has 3 heterocycles. The molecule has 0 saturated heterocycles.